The maximum absolute atomic E-state index is 11.3. The van der Waals surface area contributed by atoms with Crippen LogP contribution < -0.4 is 0 Å². The van der Waals surface area contributed by atoms with Crippen molar-refractivity contribution >= 4 is 56.9 Å². The fourth-order valence-corrected chi connectivity index (χ4v) is 3.66. The van der Waals surface area contributed by atoms with Gasteiger partial charge in [0.1, 0.15) is 0 Å². The summed E-state index contributed by atoms with van der Waals surface area (Å²) in [6.07, 6.45) is 2.13. The molecule has 0 radical (unpaired) electrons. The van der Waals surface area contributed by atoms with Crippen LogP contribution in [0.2, 0.25) is 10.0 Å². The Labute approximate surface area is 138 Å². The quantitative estimate of drug-likeness (QED) is 0.689. The topological polar surface area (TPSA) is 67.3 Å². The van der Waals surface area contributed by atoms with Gasteiger partial charge in [-0.15, -0.1) is 11.3 Å². The number of thiophene rings is 1. The number of hydrogen-bond acceptors (Lipinski definition) is 4. The van der Waals surface area contributed by atoms with Gasteiger partial charge in [-0.05, 0) is 18.2 Å². The van der Waals surface area contributed by atoms with Gasteiger partial charge in [-0.25, -0.2) is 9.78 Å². The number of benzene rings is 1. The molecule has 0 unspecified atom stereocenters. The summed E-state index contributed by atoms with van der Waals surface area (Å²) in [5.41, 5.74) is 1.25. The molecule has 1 aromatic carbocycles. The summed E-state index contributed by atoms with van der Waals surface area (Å²) >= 11 is 13.2. The van der Waals surface area contributed by atoms with Crippen molar-refractivity contribution < 1.29 is 14.7 Å². The molecule has 110 valence electrons. The summed E-state index contributed by atoms with van der Waals surface area (Å²) in [5, 5.41) is 10.8. The zero-order valence-electron chi connectivity index (χ0n) is 10.8. The van der Waals surface area contributed by atoms with Gasteiger partial charge in [0.15, 0.2) is 12.0 Å². The molecular weight excluding hydrogens is 345 g/mol. The van der Waals surface area contributed by atoms with Crippen LogP contribution in [0, 0.1) is 0 Å². The molecule has 3 aromatic rings. The van der Waals surface area contributed by atoms with Crippen LogP contribution >= 0.6 is 34.5 Å². The van der Waals surface area contributed by atoms with Crippen LogP contribution in [0.15, 0.2) is 30.5 Å². The molecule has 22 heavy (non-hydrogen) atoms. The number of carboxylic acid groups (broad SMARTS) is 1. The number of aromatic nitrogens is 1. The first-order chi connectivity index (χ1) is 10.5. The number of halogens is 2. The standard InChI is InChI=1S/C15H7Cl2NO3S/c16-7-1-2-9(12(17)3-7)11-5-18-13(15(20)21)14-10(11)4-8(6-19)22-14/h1-6H,(H,20,21). The van der Waals surface area contributed by atoms with Gasteiger partial charge in [0.2, 0.25) is 0 Å². The first-order valence-corrected chi connectivity index (χ1v) is 7.65. The van der Waals surface area contributed by atoms with Crippen molar-refractivity contribution in [2.75, 3.05) is 0 Å². The lowest BCUT2D eigenvalue weighted by Gasteiger charge is -2.07. The van der Waals surface area contributed by atoms with Crippen molar-refractivity contribution in [3.8, 4) is 11.1 Å². The van der Waals surface area contributed by atoms with Gasteiger partial charge < -0.3 is 5.11 Å². The maximum Gasteiger partial charge on any atom is 0.355 e. The molecule has 3 rings (SSSR count). The van der Waals surface area contributed by atoms with Crippen molar-refractivity contribution in [3.63, 3.8) is 0 Å². The summed E-state index contributed by atoms with van der Waals surface area (Å²) in [7, 11) is 0. The fraction of sp³-hybridized carbons (Fsp3) is 0. The van der Waals surface area contributed by atoms with E-state index >= 15 is 0 Å². The molecule has 0 fully saturated rings. The number of carbonyl (C=O) groups excluding carboxylic acids is 1. The Morgan fingerprint density at radius 1 is 1.23 bits per heavy atom. The van der Waals surface area contributed by atoms with Gasteiger partial charge in [0.25, 0.3) is 0 Å². The van der Waals surface area contributed by atoms with Crippen LogP contribution in [0.5, 0.6) is 0 Å². The van der Waals surface area contributed by atoms with Crippen LogP contribution in [-0.2, 0) is 0 Å². The molecule has 0 bridgehead atoms. The summed E-state index contributed by atoms with van der Waals surface area (Å²) in [6.45, 7) is 0. The smallest absolute Gasteiger partial charge is 0.355 e. The predicted molar refractivity (Wildman–Crippen MR) is 87.4 cm³/mol. The van der Waals surface area contributed by atoms with Crippen molar-refractivity contribution in [1.82, 2.24) is 4.98 Å². The third kappa shape index (κ3) is 2.47. The highest BCUT2D eigenvalue weighted by Gasteiger charge is 2.18. The molecular formula is C15H7Cl2NO3S. The lowest BCUT2D eigenvalue weighted by molar-refractivity contribution is 0.0693. The third-order valence-electron chi connectivity index (χ3n) is 3.12. The van der Waals surface area contributed by atoms with E-state index in [0.29, 0.717) is 42.4 Å². The first-order valence-electron chi connectivity index (χ1n) is 6.07. The number of pyridine rings is 1. The Balaban J connectivity index is 2.35. The van der Waals surface area contributed by atoms with Crippen molar-refractivity contribution in [3.05, 3.63) is 51.1 Å². The minimum atomic E-state index is -1.14. The minimum absolute atomic E-state index is 0.0815. The van der Waals surface area contributed by atoms with Gasteiger partial charge in [-0.3, -0.25) is 4.79 Å². The van der Waals surface area contributed by atoms with Gasteiger partial charge in [0.05, 0.1) is 9.58 Å². The second-order valence-electron chi connectivity index (χ2n) is 4.46. The Morgan fingerprint density at radius 2 is 2.00 bits per heavy atom. The van der Waals surface area contributed by atoms with Crippen molar-refractivity contribution in [1.29, 1.82) is 0 Å². The number of nitrogens with zero attached hydrogens (tertiary/aromatic N) is 1. The average Bonchev–Trinajstić information content (AvgIpc) is 2.90. The lowest BCUT2D eigenvalue weighted by Crippen LogP contribution is -2.00. The molecule has 4 nitrogen and oxygen atoms in total. The molecule has 0 aliphatic rings. The Bertz CT molecular complexity index is 921. The van der Waals surface area contributed by atoms with Gasteiger partial charge in [-0.2, -0.15) is 0 Å². The van der Waals surface area contributed by atoms with E-state index in [1.165, 1.54) is 6.20 Å². The molecule has 7 heteroatoms. The molecule has 2 heterocycles. The van der Waals surface area contributed by atoms with Crippen LogP contribution in [0.25, 0.3) is 21.2 Å². The normalized spacial score (nSPS) is 10.8. The first kappa shape index (κ1) is 15.0. The molecule has 0 aliphatic heterocycles. The second-order valence-corrected chi connectivity index (χ2v) is 6.39. The van der Waals surface area contributed by atoms with Crippen molar-refractivity contribution in [2.45, 2.75) is 0 Å². The Hall–Kier alpha value is -1.95. The molecule has 0 amide bonds. The molecule has 2 aromatic heterocycles. The van der Waals surface area contributed by atoms with Crippen LogP contribution in [0.1, 0.15) is 20.2 Å². The largest absolute Gasteiger partial charge is 0.476 e. The number of carbonyl (C=O) groups is 2. The second kappa shape index (κ2) is 5.68. The van der Waals surface area contributed by atoms with E-state index in [1.807, 2.05) is 0 Å². The molecule has 0 saturated heterocycles. The Kier molecular flexibility index (Phi) is 3.87. The van der Waals surface area contributed by atoms with Crippen LogP contribution in [0.4, 0.5) is 0 Å². The van der Waals surface area contributed by atoms with E-state index in [1.54, 1.807) is 24.3 Å². The number of rotatable bonds is 3. The molecule has 1 N–H and O–H groups in total. The SMILES string of the molecule is O=Cc1cc2c(-c3ccc(Cl)cc3Cl)cnc(C(=O)O)c2s1. The van der Waals surface area contributed by atoms with E-state index in [4.69, 9.17) is 23.2 Å². The van der Waals surface area contributed by atoms with E-state index in [9.17, 15) is 14.7 Å². The summed E-state index contributed by atoms with van der Waals surface area (Å²) in [5.74, 6) is -1.14. The third-order valence-corrected chi connectivity index (χ3v) is 4.73. The van der Waals surface area contributed by atoms with Crippen LogP contribution in [0.3, 0.4) is 0 Å². The molecule has 0 aliphatic carbocycles. The molecule has 0 saturated carbocycles. The Morgan fingerprint density at radius 3 is 2.64 bits per heavy atom. The number of fused-ring (bicyclic) bond motifs is 1. The lowest BCUT2D eigenvalue weighted by atomic mass is 10.0. The summed E-state index contributed by atoms with van der Waals surface area (Å²) < 4.78 is 0.443. The zero-order valence-corrected chi connectivity index (χ0v) is 13.2. The highest BCUT2D eigenvalue weighted by atomic mass is 35.5. The number of hydrogen-bond donors (Lipinski definition) is 1. The average molecular weight is 352 g/mol. The number of carboxylic acids is 1. The predicted octanol–water partition coefficient (Wildman–Crippen LogP) is 4.78. The zero-order chi connectivity index (χ0) is 15.9. The van der Waals surface area contributed by atoms with Gasteiger partial charge in [-0.1, -0.05) is 29.3 Å². The van der Waals surface area contributed by atoms with E-state index < -0.39 is 5.97 Å². The maximum atomic E-state index is 11.3. The highest BCUT2D eigenvalue weighted by molar-refractivity contribution is 7.21. The number of aldehydes is 1. The van der Waals surface area contributed by atoms with Gasteiger partial charge >= 0.3 is 5.97 Å². The monoisotopic (exact) mass is 351 g/mol. The van der Waals surface area contributed by atoms with E-state index in [-0.39, 0.29) is 5.69 Å². The fourth-order valence-electron chi connectivity index (χ4n) is 2.18. The molecule has 0 spiro atoms. The highest BCUT2D eigenvalue weighted by Crippen LogP contribution is 2.38. The number of aromatic carboxylic acids is 1. The van der Waals surface area contributed by atoms with E-state index in [0.717, 1.165) is 11.3 Å². The molecule has 0 atom stereocenters. The summed E-state index contributed by atoms with van der Waals surface area (Å²) in [6, 6.07) is 6.66. The van der Waals surface area contributed by atoms with Crippen LogP contribution in [-0.4, -0.2) is 22.3 Å². The summed E-state index contributed by atoms with van der Waals surface area (Å²) in [4.78, 5) is 26.7. The minimum Gasteiger partial charge on any atom is -0.476 e. The van der Waals surface area contributed by atoms with Gasteiger partial charge in [0, 0.05) is 32.8 Å². The van der Waals surface area contributed by atoms with Crippen molar-refractivity contribution in [2.24, 2.45) is 0 Å². The van der Waals surface area contributed by atoms with E-state index in [2.05, 4.69) is 4.98 Å².